The van der Waals surface area contributed by atoms with Gasteiger partial charge in [-0.15, -0.1) is 5.10 Å². The second kappa shape index (κ2) is 10.4. The molecule has 0 fully saturated rings. The SMILES string of the molecule is CCCCCCSC1=NN2C(=c3ccccc3=N[C@H]2c2ccc(-c3ccc([N+](=O)[O-])cc3)o2)C(=O)N1. The Kier molecular flexibility index (Phi) is 6.86. The zero-order chi connectivity index (χ0) is 25.1. The molecule has 2 aliphatic rings. The monoisotopic (exact) mass is 503 g/mol. The zero-order valence-corrected chi connectivity index (χ0v) is 20.5. The number of hydrogen-bond donors (Lipinski definition) is 1. The van der Waals surface area contributed by atoms with Gasteiger partial charge in [-0.3, -0.25) is 20.2 Å². The van der Waals surface area contributed by atoms with Crippen LogP contribution in [0.5, 0.6) is 0 Å². The van der Waals surface area contributed by atoms with E-state index in [1.807, 2.05) is 24.3 Å². The third-order valence-electron chi connectivity index (χ3n) is 6.00. The number of fused-ring (bicyclic) bond motifs is 2. The molecule has 9 nitrogen and oxygen atoms in total. The van der Waals surface area contributed by atoms with Gasteiger partial charge in [-0.1, -0.05) is 56.1 Å². The number of amidine groups is 1. The molecule has 0 saturated carbocycles. The van der Waals surface area contributed by atoms with Crippen molar-refractivity contribution < 1.29 is 14.1 Å². The Bertz CT molecular complexity index is 1450. The molecule has 0 saturated heterocycles. The van der Waals surface area contributed by atoms with Gasteiger partial charge in [-0.2, -0.15) is 0 Å². The van der Waals surface area contributed by atoms with Crippen LogP contribution in [0.2, 0.25) is 0 Å². The van der Waals surface area contributed by atoms with Crippen LogP contribution >= 0.6 is 11.8 Å². The van der Waals surface area contributed by atoms with Gasteiger partial charge in [0.05, 0.1) is 10.3 Å². The van der Waals surface area contributed by atoms with Crippen LogP contribution < -0.4 is 15.9 Å². The standard InChI is InChI=1S/C26H25N5O4S/c1-2-3-4-7-16-36-26-28-25(32)23-19-8-5-6-9-20(19)27-24(30(23)29-26)22-15-14-21(35-22)17-10-12-18(13-11-17)31(33)34/h5-6,8-15,24H,2-4,7,16H2,1H3,(H,28,29,32)/t24-/m1/s1. The highest BCUT2D eigenvalue weighted by Crippen LogP contribution is 2.34. The van der Waals surface area contributed by atoms with Crippen LogP contribution in [-0.2, 0) is 4.79 Å². The van der Waals surface area contributed by atoms with Gasteiger partial charge in [0.15, 0.2) is 10.9 Å². The number of hydrazone groups is 1. The molecule has 5 rings (SSSR count). The molecule has 0 unspecified atom stereocenters. The molecule has 1 N–H and O–H groups in total. The quantitative estimate of drug-likeness (QED) is 0.278. The molecule has 0 radical (unpaired) electrons. The van der Waals surface area contributed by atoms with Crippen molar-refractivity contribution in [3.63, 3.8) is 0 Å². The van der Waals surface area contributed by atoms with E-state index < -0.39 is 11.1 Å². The van der Waals surface area contributed by atoms with E-state index in [9.17, 15) is 14.9 Å². The second-order valence-electron chi connectivity index (χ2n) is 8.49. The lowest BCUT2D eigenvalue weighted by Gasteiger charge is -2.32. The molecule has 0 bridgehead atoms. The van der Waals surface area contributed by atoms with Gasteiger partial charge < -0.3 is 4.42 Å². The average molecular weight is 504 g/mol. The number of nitrogens with one attached hydrogen (secondary N) is 1. The molecule has 2 aromatic carbocycles. The van der Waals surface area contributed by atoms with E-state index in [1.165, 1.54) is 36.7 Å². The Morgan fingerprint density at radius 3 is 2.67 bits per heavy atom. The number of thioether (sulfide) groups is 1. The molecule has 184 valence electrons. The van der Waals surface area contributed by atoms with E-state index in [1.54, 1.807) is 29.3 Å². The second-order valence-corrected chi connectivity index (χ2v) is 9.57. The number of hydrogen-bond acceptors (Lipinski definition) is 8. The van der Waals surface area contributed by atoms with E-state index in [-0.39, 0.29) is 11.6 Å². The minimum atomic E-state index is -0.663. The lowest BCUT2D eigenvalue weighted by atomic mass is 10.1. The van der Waals surface area contributed by atoms with Gasteiger partial charge in [0.1, 0.15) is 11.5 Å². The minimum Gasteiger partial charge on any atom is -0.457 e. The summed E-state index contributed by atoms with van der Waals surface area (Å²) in [7, 11) is 0. The highest BCUT2D eigenvalue weighted by Gasteiger charge is 2.36. The highest BCUT2D eigenvalue weighted by atomic mass is 32.2. The van der Waals surface area contributed by atoms with E-state index in [4.69, 9.17) is 14.5 Å². The number of non-ortho nitro benzene ring substituents is 1. The molecule has 3 heterocycles. The van der Waals surface area contributed by atoms with E-state index >= 15 is 0 Å². The summed E-state index contributed by atoms with van der Waals surface area (Å²) in [6, 6.07) is 17.2. The molecule has 0 aliphatic carbocycles. The number of unbranched alkanes of at least 4 members (excludes halogenated alkanes) is 3. The molecular formula is C26H25N5O4S. The number of nitro groups is 1. The maximum Gasteiger partial charge on any atom is 0.276 e. The molecule has 0 spiro atoms. The van der Waals surface area contributed by atoms with Gasteiger partial charge >= 0.3 is 0 Å². The van der Waals surface area contributed by atoms with Crippen LogP contribution in [0, 0.1) is 10.1 Å². The first-order valence-electron chi connectivity index (χ1n) is 11.9. The number of nitrogens with zero attached hydrogens (tertiary/aromatic N) is 4. The molecule has 3 aromatic rings. The first kappa shape index (κ1) is 23.8. The maximum atomic E-state index is 13.2. The van der Waals surface area contributed by atoms with Crippen molar-refractivity contribution in [1.82, 2.24) is 10.3 Å². The van der Waals surface area contributed by atoms with Crippen LogP contribution in [0.15, 0.2) is 75.2 Å². The summed E-state index contributed by atoms with van der Waals surface area (Å²) >= 11 is 1.53. The average Bonchev–Trinajstić information content (AvgIpc) is 3.38. The first-order valence-corrected chi connectivity index (χ1v) is 12.9. The number of rotatable bonds is 8. The predicted molar refractivity (Wildman–Crippen MR) is 138 cm³/mol. The third kappa shape index (κ3) is 4.76. The van der Waals surface area contributed by atoms with Gasteiger partial charge in [0, 0.05) is 28.7 Å². The lowest BCUT2D eigenvalue weighted by Crippen LogP contribution is -2.50. The van der Waals surface area contributed by atoms with Crippen molar-refractivity contribution in [1.29, 1.82) is 0 Å². The summed E-state index contributed by atoms with van der Waals surface area (Å²) in [4.78, 5) is 28.6. The molecule has 10 heteroatoms. The van der Waals surface area contributed by atoms with Gasteiger partial charge in [0.25, 0.3) is 11.6 Å². The van der Waals surface area contributed by atoms with Gasteiger partial charge in [-0.05, 0) is 36.8 Å². The number of benzene rings is 2. The summed E-state index contributed by atoms with van der Waals surface area (Å²) in [5, 5.41) is 22.2. The van der Waals surface area contributed by atoms with Crippen molar-refractivity contribution in [3.8, 4) is 11.3 Å². The van der Waals surface area contributed by atoms with Crippen molar-refractivity contribution in [2.75, 3.05) is 5.75 Å². The van der Waals surface area contributed by atoms with Crippen LogP contribution in [0.25, 0.3) is 17.0 Å². The van der Waals surface area contributed by atoms with Crippen LogP contribution in [0.3, 0.4) is 0 Å². The summed E-state index contributed by atoms with van der Waals surface area (Å²) < 4.78 is 6.14. The fourth-order valence-electron chi connectivity index (χ4n) is 4.17. The summed E-state index contributed by atoms with van der Waals surface area (Å²) in [5.74, 6) is 1.70. The predicted octanol–water partition coefficient (Wildman–Crippen LogP) is 4.31. The molecule has 2 aliphatic heterocycles. The van der Waals surface area contributed by atoms with Crippen molar-refractivity contribution >= 4 is 34.2 Å². The van der Waals surface area contributed by atoms with Crippen molar-refractivity contribution in [2.45, 2.75) is 38.8 Å². The number of nitro benzene ring substituents is 1. The van der Waals surface area contributed by atoms with Gasteiger partial charge in [0.2, 0.25) is 6.17 Å². The Morgan fingerprint density at radius 1 is 1.08 bits per heavy atom. The molecular weight excluding hydrogens is 478 g/mol. The molecule has 1 aromatic heterocycles. The summed E-state index contributed by atoms with van der Waals surface area (Å²) in [6.07, 6.45) is 3.90. The zero-order valence-electron chi connectivity index (χ0n) is 19.7. The van der Waals surface area contributed by atoms with Crippen molar-refractivity contribution in [2.24, 2.45) is 10.1 Å². The smallest absolute Gasteiger partial charge is 0.276 e. The Hall–Kier alpha value is -3.92. The lowest BCUT2D eigenvalue weighted by molar-refractivity contribution is -0.384. The maximum absolute atomic E-state index is 13.2. The van der Waals surface area contributed by atoms with E-state index in [2.05, 4.69) is 12.2 Å². The highest BCUT2D eigenvalue weighted by molar-refractivity contribution is 8.13. The van der Waals surface area contributed by atoms with Gasteiger partial charge in [-0.25, -0.2) is 10.0 Å². The van der Waals surface area contributed by atoms with Crippen LogP contribution in [0.1, 0.15) is 44.5 Å². The Morgan fingerprint density at radius 2 is 1.89 bits per heavy atom. The number of para-hydroxylation sites is 1. The van der Waals surface area contributed by atoms with Crippen LogP contribution in [0.4, 0.5) is 5.69 Å². The number of amides is 1. The molecule has 1 atom stereocenters. The minimum absolute atomic E-state index is 0.0112. The number of carbonyl (C=O) groups is 1. The Balaban J connectivity index is 1.48. The largest absolute Gasteiger partial charge is 0.457 e. The fourth-order valence-corrected chi connectivity index (χ4v) is 5.02. The number of furan rings is 1. The number of carbonyl (C=O) groups excluding carboxylic acids is 1. The summed E-state index contributed by atoms with van der Waals surface area (Å²) in [5.41, 5.74) is 1.14. The molecule has 1 amide bonds. The van der Waals surface area contributed by atoms with E-state index in [0.717, 1.165) is 18.6 Å². The summed E-state index contributed by atoms with van der Waals surface area (Å²) in [6.45, 7) is 2.18. The Labute approximate surface area is 211 Å². The topological polar surface area (TPSA) is 113 Å². The normalized spacial score (nSPS) is 16.5. The van der Waals surface area contributed by atoms with Crippen molar-refractivity contribution in [3.05, 3.63) is 87.1 Å². The van der Waals surface area contributed by atoms with E-state index in [0.29, 0.717) is 38.5 Å². The third-order valence-corrected chi connectivity index (χ3v) is 6.95. The van der Waals surface area contributed by atoms with Crippen LogP contribution in [-0.4, -0.2) is 26.8 Å². The fraction of sp³-hybridized carbons (Fsp3) is 0.269. The molecule has 36 heavy (non-hydrogen) atoms. The first-order chi connectivity index (χ1) is 17.5.